The highest BCUT2D eigenvalue weighted by atomic mass is 19.1. The van der Waals surface area contributed by atoms with Gasteiger partial charge in [-0.25, -0.2) is 13.6 Å². The van der Waals surface area contributed by atoms with Gasteiger partial charge >= 0.3 is 5.97 Å². The Labute approximate surface area is 149 Å². The summed E-state index contributed by atoms with van der Waals surface area (Å²) in [6.45, 7) is 1.97. The third-order valence-electron chi connectivity index (χ3n) is 4.21. The number of aryl methyl sites for hydroxylation is 1. The molecule has 1 aromatic heterocycles. The van der Waals surface area contributed by atoms with E-state index in [0.29, 0.717) is 5.69 Å². The maximum atomic E-state index is 13.9. The van der Waals surface area contributed by atoms with Crippen molar-refractivity contribution in [2.75, 3.05) is 11.9 Å². The molecule has 132 valence electrons. The van der Waals surface area contributed by atoms with E-state index in [2.05, 4.69) is 4.98 Å². The number of nitrogens with zero attached hydrogens (tertiary/aromatic N) is 2. The topological polar surface area (TPSA) is 53.4 Å². The van der Waals surface area contributed by atoms with Crippen LogP contribution in [0.15, 0.2) is 54.9 Å². The zero-order valence-corrected chi connectivity index (χ0v) is 14.2. The van der Waals surface area contributed by atoms with Crippen LogP contribution in [0.25, 0.3) is 11.1 Å². The lowest BCUT2D eigenvalue weighted by atomic mass is 10.0. The van der Waals surface area contributed by atoms with Gasteiger partial charge in [-0.15, -0.1) is 0 Å². The zero-order valence-electron chi connectivity index (χ0n) is 14.2. The summed E-state index contributed by atoms with van der Waals surface area (Å²) in [4.78, 5) is 16.6. The second kappa shape index (κ2) is 6.92. The van der Waals surface area contributed by atoms with E-state index in [-0.39, 0.29) is 5.69 Å². The first-order valence-electron chi connectivity index (χ1n) is 7.85. The minimum absolute atomic E-state index is 0.220. The number of anilines is 2. The number of hydrogen-bond acceptors (Lipinski definition) is 3. The quantitative estimate of drug-likeness (QED) is 0.731. The van der Waals surface area contributed by atoms with E-state index in [0.717, 1.165) is 28.8 Å². The van der Waals surface area contributed by atoms with Crippen LogP contribution in [0.2, 0.25) is 0 Å². The summed E-state index contributed by atoms with van der Waals surface area (Å²) in [5.41, 5.74) is 3.07. The van der Waals surface area contributed by atoms with E-state index in [9.17, 15) is 13.6 Å². The van der Waals surface area contributed by atoms with Gasteiger partial charge in [0, 0.05) is 30.8 Å². The molecule has 0 bridgehead atoms. The van der Waals surface area contributed by atoms with Crippen molar-refractivity contribution in [2.24, 2.45) is 0 Å². The van der Waals surface area contributed by atoms with Crippen LogP contribution in [-0.2, 0) is 0 Å². The van der Waals surface area contributed by atoms with E-state index in [4.69, 9.17) is 5.11 Å². The summed E-state index contributed by atoms with van der Waals surface area (Å²) in [7, 11) is 1.65. The molecule has 0 spiro atoms. The average Bonchev–Trinajstić information content (AvgIpc) is 2.61. The van der Waals surface area contributed by atoms with E-state index in [1.54, 1.807) is 24.3 Å². The molecule has 0 aliphatic carbocycles. The third kappa shape index (κ3) is 3.26. The molecule has 0 atom stereocenters. The molecule has 6 heteroatoms. The highest BCUT2D eigenvalue weighted by Gasteiger charge is 2.19. The van der Waals surface area contributed by atoms with Crippen molar-refractivity contribution in [1.29, 1.82) is 0 Å². The number of carboxylic acid groups (broad SMARTS) is 1. The molecule has 0 amide bonds. The molecule has 2 aromatic carbocycles. The fourth-order valence-electron chi connectivity index (χ4n) is 2.77. The molecule has 3 rings (SSSR count). The molecular formula is C20H16F2N2O2. The molecule has 0 radical (unpaired) electrons. The molecule has 0 aliphatic rings. The first-order chi connectivity index (χ1) is 12.4. The molecule has 1 N–H and O–H groups in total. The summed E-state index contributed by atoms with van der Waals surface area (Å²) < 4.78 is 27.8. The molecular weight excluding hydrogens is 338 g/mol. The third-order valence-corrected chi connectivity index (χ3v) is 4.21. The maximum absolute atomic E-state index is 13.9. The molecule has 1 heterocycles. The Morgan fingerprint density at radius 2 is 1.65 bits per heavy atom. The Hall–Kier alpha value is -3.28. The van der Waals surface area contributed by atoms with Crippen molar-refractivity contribution in [3.63, 3.8) is 0 Å². The van der Waals surface area contributed by atoms with E-state index < -0.39 is 23.2 Å². The van der Waals surface area contributed by atoms with Crippen LogP contribution in [0.4, 0.5) is 20.2 Å². The second-order valence-corrected chi connectivity index (χ2v) is 5.89. The van der Waals surface area contributed by atoms with Crippen LogP contribution in [0.3, 0.4) is 0 Å². The van der Waals surface area contributed by atoms with E-state index in [1.807, 2.05) is 37.3 Å². The Bertz CT molecular complexity index is 949. The minimum Gasteiger partial charge on any atom is -0.477 e. The minimum atomic E-state index is -1.63. The molecule has 3 aromatic rings. The van der Waals surface area contributed by atoms with Gasteiger partial charge in [0.25, 0.3) is 0 Å². The molecule has 26 heavy (non-hydrogen) atoms. The van der Waals surface area contributed by atoms with Gasteiger partial charge in [0.05, 0.1) is 0 Å². The number of carboxylic acids is 1. The van der Waals surface area contributed by atoms with Crippen LogP contribution in [0.5, 0.6) is 0 Å². The van der Waals surface area contributed by atoms with Crippen molar-refractivity contribution in [3.05, 3.63) is 77.6 Å². The van der Waals surface area contributed by atoms with Gasteiger partial charge in [0.1, 0.15) is 17.2 Å². The predicted molar refractivity (Wildman–Crippen MR) is 95.8 cm³/mol. The van der Waals surface area contributed by atoms with Crippen LogP contribution in [0.1, 0.15) is 15.9 Å². The lowest BCUT2D eigenvalue weighted by molar-refractivity contribution is 0.0686. The number of carbonyl (C=O) groups is 1. The number of hydrogen-bond donors (Lipinski definition) is 1. The Kier molecular flexibility index (Phi) is 4.67. The molecule has 0 saturated carbocycles. The summed E-state index contributed by atoms with van der Waals surface area (Å²) in [5, 5.41) is 8.86. The number of aromatic nitrogens is 1. The van der Waals surface area contributed by atoms with Crippen LogP contribution in [0, 0.1) is 18.6 Å². The van der Waals surface area contributed by atoms with E-state index in [1.165, 1.54) is 0 Å². The van der Waals surface area contributed by atoms with Crippen LogP contribution in [-0.4, -0.2) is 23.1 Å². The molecule has 4 nitrogen and oxygen atoms in total. The van der Waals surface area contributed by atoms with Crippen molar-refractivity contribution in [2.45, 2.75) is 6.92 Å². The lowest BCUT2D eigenvalue weighted by Crippen LogP contribution is -2.12. The fourth-order valence-corrected chi connectivity index (χ4v) is 2.77. The van der Waals surface area contributed by atoms with Crippen molar-refractivity contribution in [3.8, 4) is 11.1 Å². The smallest absolute Gasteiger partial charge is 0.341 e. The summed E-state index contributed by atoms with van der Waals surface area (Å²) in [5.74, 6) is -3.85. The summed E-state index contributed by atoms with van der Waals surface area (Å²) in [6, 6.07) is 11.4. The summed E-state index contributed by atoms with van der Waals surface area (Å²) in [6.07, 6.45) is 3.50. The maximum Gasteiger partial charge on any atom is 0.341 e. The number of pyridine rings is 1. The Morgan fingerprint density at radius 3 is 2.19 bits per heavy atom. The average molecular weight is 354 g/mol. The first-order valence-corrected chi connectivity index (χ1v) is 7.85. The number of rotatable bonds is 4. The standard InChI is InChI=1S/C20H16F2N2O2/c1-12-11-23-8-7-16(12)13-3-5-14(6-4-13)24(2)15-9-17(21)19(20(25)26)18(22)10-15/h3-11H,1-2H3,(H,25,26). The van der Waals surface area contributed by atoms with Crippen LogP contribution < -0.4 is 4.90 Å². The monoisotopic (exact) mass is 354 g/mol. The van der Waals surface area contributed by atoms with Gasteiger partial charge in [-0.3, -0.25) is 4.98 Å². The fraction of sp³-hybridized carbons (Fsp3) is 0.100. The van der Waals surface area contributed by atoms with Gasteiger partial charge in [-0.1, -0.05) is 12.1 Å². The molecule has 0 aliphatic heterocycles. The lowest BCUT2D eigenvalue weighted by Gasteiger charge is -2.20. The van der Waals surface area contributed by atoms with Crippen LogP contribution >= 0.6 is 0 Å². The largest absolute Gasteiger partial charge is 0.477 e. The van der Waals surface area contributed by atoms with Crippen molar-refractivity contribution < 1.29 is 18.7 Å². The first kappa shape index (κ1) is 17.5. The van der Waals surface area contributed by atoms with Gasteiger partial charge < -0.3 is 10.0 Å². The predicted octanol–water partition coefficient (Wildman–Crippen LogP) is 4.80. The zero-order chi connectivity index (χ0) is 18.8. The van der Waals surface area contributed by atoms with Gasteiger partial charge in [0.2, 0.25) is 0 Å². The molecule has 0 fully saturated rings. The van der Waals surface area contributed by atoms with Gasteiger partial charge in [-0.05, 0) is 53.9 Å². The molecule has 0 saturated heterocycles. The SMILES string of the molecule is Cc1cnccc1-c1ccc(N(C)c2cc(F)c(C(=O)O)c(F)c2)cc1. The van der Waals surface area contributed by atoms with Crippen molar-refractivity contribution in [1.82, 2.24) is 4.98 Å². The second-order valence-electron chi connectivity index (χ2n) is 5.89. The summed E-state index contributed by atoms with van der Waals surface area (Å²) >= 11 is 0. The van der Waals surface area contributed by atoms with Gasteiger partial charge in [0.15, 0.2) is 0 Å². The van der Waals surface area contributed by atoms with Crippen molar-refractivity contribution >= 4 is 17.3 Å². The van der Waals surface area contributed by atoms with Gasteiger partial charge in [-0.2, -0.15) is 0 Å². The van der Waals surface area contributed by atoms with E-state index >= 15 is 0 Å². The number of aromatic carboxylic acids is 1. The number of halogens is 2. The normalized spacial score (nSPS) is 10.6. The molecule has 0 unspecified atom stereocenters. The Balaban J connectivity index is 1.93. The highest BCUT2D eigenvalue weighted by Crippen LogP contribution is 2.30. The highest BCUT2D eigenvalue weighted by molar-refractivity contribution is 5.89. The Morgan fingerprint density at radius 1 is 1.04 bits per heavy atom. The number of benzene rings is 2.